The lowest BCUT2D eigenvalue weighted by molar-refractivity contribution is 0.217. The summed E-state index contributed by atoms with van der Waals surface area (Å²) in [5.74, 6) is 0. The van der Waals surface area contributed by atoms with E-state index in [2.05, 4.69) is 4.98 Å². The summed E-state index contributed by atoms with van der Waals surface area (Å²) in [6.07, 6.45) is 0. The van der Waals surface area contributed by atoms with Gasteiger partial charge in [0.1, 0.15) is 6.07 Å². The summed E-state index contributed by atoms with van der Waals surface area (Å²) >= 11 is 6.35. The fraction of sp³-hybridized carbons (Fsp3) is 0.500. The van der Waals surface area contributed by atoms with Crippen molar-refractivity contribution in [2.45, 2.75) is 13.8 Å². The standard InChI is InChI=1S/C8H11N2O3PS2/c1-3-11-14(15,12-4-2)13-8-10-7(5-9)6-16-8/h6H,3-4H2,1-2H3. The van der Waals surface area contributed by atoms with Crippen LogP contribution in [-0.4, -0.2) is 18.2 Å². The molecule has 0 aliphatic rings. The van der Waals surface area contributed by atoms with E-state index < -0.39 is 6.72 Å². The Morgan fingerprint density at radius 1 is 1.50 bits per heavy atom. The molecule has 0 N–H and O–H groups in total. The van der Waals surface area contributed by atoms with Crippen molar-refractivity contribution in [2.75, 3.05) is 13.2 Å². The van der Waals surface area contributed by atoms with Gasteiger partial charge >= 0.3 is 6.72 Å². The number of nitriles is 1. The van der Waals surface area contributed by atoms with Crippen LogP contribution in [0.2, 0.25) is 0 Å². The lowest BCUT2D eigenvalue weighted by Crippen LogP contribution is -2.01. The molecule has 1 aromatic heterocycles. The van der Waals surface area contributed by atoms with E-state index in [-0.39, 0.29) is 0 Å². The topological polar surface area (TPSA) is 64.4 Å². The van der Waals surface area contributed by atoms with E-state index in [9.17, 15) is 0 Å². The van der Waals surface area contributed by atoms with Gasteiger partial charge in [0, 0.05) is 17.2 Å². The van der Waals surface area contributed by atoms with Crippen LogP contribution in [0.1, 0.15) is 19.5 Å². The Kier molecular flexibility index (Phi) is 5.32. The van der Waals surface area contributed by atoms with Gasteiger partial charge in [-0.3, -0.25) is 9.05 Å². The second kappa shape index (κ2) is 6.28. The Labute approximate surface area is 103 Å². The van der Waals surface area contributed by atoms with Crippen molar-refractivity contribution in [3.05, 3.63) is 11.1 Å². The molecule has 16 heavy (non-hydrogen) atoms. The number of thiazole rings is 1. The van der Waals surface area contributed by atoms with Gasteiger partial charge in [0.25, 0.3) is 5.19 Å². The Bertz CT molecular complexity index is 419. The highest BCUT2D eigenvalue weighted by atomic mass is 32.5. The van der Waals surface area contributed by atoms with Crippen LogP contribution >= 0.6 is 18.1 Å². The van der Waals surface area contributed by atoms with Crippen LogP contribution in [0, 0.1) is 11.3 Å². The summed E-state index contributed by atoms with van der Waals surface area (Å²) in [4.78, 5) is 3.91. The maximum absolute atomic E-state index is 8.62. The number of nitrogens with zero attached hydrogens (tertiary/aromatic N) is 2. The van der Waals surface area contributed by atoms with Crippen molar-refractivity contribution in [2.24, 2.45) is 0 Å². The molecule has 0 saturated carbocycles. The van der Waals surface area contributed by atoms with Gasteiger partial charge in [-0.2, -0.15) is 10.2 Å². The van der Waals surface area contributed by atoms with Gasteiger partial charge in [0.2, 0.25) is 0 Å². The van der Waals surface area contributed by atoms with E-state index in [4.69, 9.17) is 30.6 Å². The van der Waals surface area contributed by atoms with Crippen molar-refractivity contribution in [1.82, 2.24) is 4.98 Å². The first kappa shape index (κ1) is 13.6. The van der Waals surface area contributed by atoms with Gasteiger partial charge < -0.3 is 4.52 Å². The molecule has 0 aromatic carbocycles. The Morgan fingerprint density at radius 3 is 2.56 bits per heavy atom. The van der Waals surface area contributed by atoms with E-state index >= 15 is 0 Å². The maximum Gasteiger partial charge on any atom is 0.382 e. The highest BCUT2D eigenvalue weighted by Crippen LogP contribution is 2.50. The zero-order valence-corrected chi connectivity index (χ0v) is 11.4. The van der Waals surface area contributed by atoms with Crippen LogP contribution in [-0.2, 0) is 20.9 Å². The summed E-state index contributed by atoms with van der Waals surface area (Å²) in [7, 11) is 0. The van der Waals surface area contributed by atoms with Gasteiger partial charge in [0.05, 0.1) is 13.2 Å². The average molecular weight is 278 g/mol. The first-order valence-corrected chi connectivity index (χ1v) is 8.01. The summed E-state index contributed by atoms with van der Waals surface area (Å²) in [5.41, 5.74) is 0.301. The van der Waals surface area contributed by atoms with E-state index in [0.29, 0.717) is 24.1 Å². The molecule has 0 fully saturated rings. The van der Waals surface area contributed by atoms with E-state index in [1.165, 1.54) is 11.3 Å². The lowest BCUT2D eigenvalue weighted by Gasteiger charge is -2.18. The second-order valence-corrected chi connectivity index (χ2v) is 6.24. The predicted molar refractivity (Wildman–Crippen MR) is 65.0 cm³/mol. The Hall–Kier alpha value is -0.510. The van der Waals surface area contributed by atoms with Gasteiger partial charge in [0.15, 0.2) is 5.69 Å². The molecule has 0 atom stereocenters. The fourth-order valence-corrected chi connectivity index (χ4v) is 3.82. The van der Waals surface area contributed by atoms with Crippen molar-refractivity contribution in [3.8, 4) is 11.3 Å². The molecule has 0 unspecified atom stereocenters. The largest absolute Gasteiger partial charge is 0.396 e. The summed E-state index contributed by atoms with van der Waals surface area (Å²) in [6.45, 7) is 1.68. The van der Waals surface area contributed by atoms with Gasteiger partial charge in [-0.05, 0) is 13.8 Å². The fourth-order valence-electron chi connectivity index (χ4n) is 0.852. The molecular formula is C8H11N2O3PS2. The molecule has 8 heteroatoms. The molecule has 5 nitrogen and oxygen atoms in total. The predicted octanol–water partition coefficient (Wildman–Crippen LogP) is 2.69. The van der Waals surface area contributed by atoms with E-state index in [1.807, 2.05) is 19.9 Å². The van der Waals surface area contributed by atoms with Crippen LogP contribution in [0.15, 0.2) is 5.38 Å². The Balaban J connectivity index is 2.75. The second-order valence-electron chi connectivity index (χ2n) is 2.48. The summed E-state index contributed by atoms with van der Waals surface area (Å²) < 4.78 is 16.0. The van der Waals surface area contributed by atoms with Crippen LogP contribution in [0.25, 0.3) is 0 Å². The number of hydrogen-bond acceptors (Lipinski definition) is 7. The molecule has 88 valence electrons. The molecule has 1 aromatic rings. The molecule has 1 heterocycles. The van der Waals surface area contributed by atoms with Crippen molar-refractivity contribution >= 4 is 29.9 Å². The molecule has 0 aliphatic heterocycles. The van der Waals surface area contributed by atoms with Crippen molar-refractivity contribution in [1.29, 1.82) is 5.26 Å². The smallest absolute Gasteiger partial charge is 0.382 e. The lowest BCUT2D eigenvalue weighted by atomic mass is 10.6. The van der Waals surface area contributed by atoms with Crippen LogP contribution in [0.3, 0.4) is 0 Å². The normalized spacial score (nSPS) is 11.1. The molecule has 0 spiro atoms. The number of aromatic nitrogens is 1. The maximum atomic E-state index is 8.62. The minimum Gasteiger partial charge on any atom is -0.396 e. The van der Waals surface area contributed by atoms with Crippen LogP contribution in [0.4, 0.5) is 0 Å². The highest BCUT2D eigenvalue weighted by Gasteiger charge is 2.22. The summed E-state index contributed by atoms with van der Waals surface area (Å²) in [6, 6.07) is 1.91. The Morgan fingerprint density at radius 2 is 2.12 bits per heavy atom. The monoisotopic (exact) mass is 278 g/mol. The first-order valence-electron chi connectivity index (χ1n) is 4.58. The molecule has 0 amide bonds. The molecular weight excluding hydrogens is 267 g/mol. The SMILES string of the molecule is CCOP(=S)(OCC)Oc1nc(C#N)cs1. The highest BCUT2D eigenvalue weighted by molar-refractivity contribution is 8.07. The third-order valence-electron chi connectivity index (χ3n) is 1.36. The van der Waals surface area contributed by atoms with Gasteiger partial charge in [-0.1, -0.05) is 11.3 Å². The van der Waals surface area contributed by atoms with Crippen molar-refractivity contribution < 1.29 is 13.6 Å². The molecule has 0 bridgehead atoms. The zero-order chi connectivity index (χ0) is 12.0. The molecule has 0 aliphatic carbocycles. The minimum atomic E-state index is -2.77. The molecule has 0 saturated heterocycles. The zero-order valence-electron chi connectivity index (χ0n) is 8.87. The van der Waals surface area contributed by atoms with Gasteiger partial charge in [-0.25, -0.2) is 0 Å². The van der Waals surface area contributed by atoms with Crippen LogP contribution < -0.4 is 4.52 Å². The van der Waals surface area contributed by atoms with E-state index in [1.54, 1.807) is 5.38 Å². The average Bonchev–Trinajstić information content (AvgIpc) is 2.65. The molecule has 1 rings (SSSR count). The quantitative estimate of drug-likeness (QED) is 0.745. The van der Waals surface area contributed by atoms with Crippen molar-refractivity contribution in [3.63, 3.8) is 0 Å². The van der Waals surface area contributed by atoms with E-state index in [0.717, 1.165) is 0 Å². The number of rotatable bonds is 6. The summed E-state index contributed by atoms with van der Waals surface area (Å²) in [5, 5.41) is 10.5. The third-order valence-corrected chi connectivity index (χ3v) is 4.60. The molecule has 0 radical (unpaired) electrons. The van der Waals surface area contributed by atoms with Gasteiger partial charge in [-0.15, -0.1) is 0 Å². The first-order chi connectivity index (χ1) is 7.63. The minimum absolute atomic E-state index is 0.301. The third kappa shape index (κ3) is 3.81. The van der Waals surface area contributed by atoms with Crippen LogP contribution in [0.5, 0.6) is 5.19 Å². The number of hydrogen-bond donors (Lipinski definition) is 0.